The zero-order valence-corrected chi connectivity index (χ0v) is 19.0. The fraction of sp³-hybridized carbons (Fsp3) is 0.304. The highest BCUT2D eigenvalue weighted by molar-refractivity contribution is 8.14. The van der Waals surface area contributed by atoms with E-state index in [9.17, 15) is 4.79 Å². The maximum atomic E-state index is 12.3. The number of rotatable bonds is 6. The van der Waals surface area contributed by atoms with E-state index in [1.807, 2.05) is 42.7 Å². The van der Waals surface area contributed by atoms with Gasteiger partial charge in [0.15, 0.2) is 5.17 Å². The molecule has 0 bridgehead atoms. The van der Waals surface area contributed by atoms with E-state index in [0.29, 0.717) is 12.3 Å². The molecule has 166 valence electrons. The Balaban J connectivity index is 1.11. The fourth-order valence-electron chi connectivity index (χ4n) is 4.23. The lowest BCUT2D eigenvalue weighted by atomic mass is 10.00. The summed E-state index contributed by atoms with van der Waals surface area (Å²) in [5.41, 5.74) is 9.25. The molecule has 2 aromatic carbocycles. The Hall–Kier alpha value is -2.68. The number of benzene rings is 2. The number of hydrogen-bond donors (Lipinski definition) is 3. The van der Waals surface area contributed by atoms with E-state index in [4.69, 9.17) is 11.6 Å². The molecule has 0 radical (unpaired) electrons. The molecule has 0 aromatic heterocycles. The number of amides is 1. The number of halogens is 1. The number of nitrogens with zero attached hydrogens (tertiary/aromatic N) is 3. The van der Waals surface area contributed by atoms with Gasteiger partial charge in [0.25, 0.3) is 0 Å². The van der Waals surface area contributed by atoms with Crippen molar-refractivity contribution in [3.05, 3.63) is 83.1 Å². The average Bonchev–Trinajstić information content (AvgIpc) is 3.43. The monoisotopic (exact) mass is 468 g/mol. The Bertz CT molecular complexity index is 1010. The molecule has 1 amide bonds. The molecule has 3 aliphatic heterocycles. The van der Waals surface area contributed by atoms with Gasteiger partial charge in [0.1, 0.15) is 6.17 Å². The molecule has 0 saturated carbocycles. The Kier molecular flexibility index (Phi) is 6.25. The minimum Gasteiger partial charge on any atom is -0.355 e. The van der Waals surface area contributed by atoms with Gasteiger partial charge in [0.2, 0.25) is 5.91 Å². The number of carbonyl (C=O) groups is 1. The van der Waals surface area contributed by atoms with Crippen LogP contribution in [0.4, 0.5) is 0 Å². The lowest BCUT2D eigenvalue weighted by Gasteiger charge is -2.36. The summed E-state index contributed by atoms with van der Waals surface area (Å²) >= 11 is 7.49. The standard InChI is InChI=1S/C23H25ClN6OS/c24-18-8-6-17(7-9-18)19-14-20-22-26-27-23(29(22)12-13-30(20)28-19)32-15-21(31)25-11-10-16-4-2-1-3-5-16/h1-9,12-13,19-20,22,26,28H,10-11,14-15H2,(H,25,31). The van der Waals surface area contributed by atoms with Crippen molar-refractivity contribution in [3.8, 4) is 0 Å². The van der Waals surface area contributed by atoms with Gasteiger partial charge in [-0.3, -0.25) is 10.2 Å². The first-order valence-corrected chi connectivity index (χ1v) is 12.1. The van der Waals surface area contributed by atoms with E-state index in [1.54, 1.807) is 0 Å². The number of thioether (sulfide) groups is 1. The largest absolute Gasteiger partial charge is 0.355 e. The normalized spacial score (nSPS) is 23.4. The Labute approximate surface area is 196 Å². The van der Waals surface area contributed by atoms with E-state index in [2.05, 4.69) is 55.4 Å². The van der Waals surface area contributed by atoms with Crippen molar-refractivity contribution in [1.82, 2.24) is 26.1 Å². The molecule has 32 heavy (non-hydrogen) atoms. The van der Waals surface area contributed by atoms with Gasteiger partial charge in [-0.2, -0.15) is 5.10 Å². The Morgan fingerprint density at radius 2 is 1.97 bits per heavy atom. The van der Waals surface area contributed by atoms with Crippen molar-refractivity contribution in [2.75, 3.05) is 12.3 Å². The number of fused-ring (bicyclic) bond motifs is 3. The summed E-state index contributed by atoms with van der Waals surface area (Å²) in [5.74, 6) is 0.358. The number of carbonyl (C=O) groups excluding carboxylic acids is 1. The Morgan fingerprint density at radius 1 is 1.16 bits per heavy atom. The third-order valence-electron chi connectivity index (χ3n) is 5.89. The van der Waals surface area contributed by atoms with Crippen molar-refractivity contribution in [1.29, 1.82) is 0 Å². The molecule has 7 nitrogen and oxygen atoms in total. The number of hydrogen-bond acceptors (Lipinski definition) is 7. The maximum Gasteiger partial charge on any atom is 0.230 e. The second kappa shape index (κ2) is 9.44. The van der Waals surface area contributed by atoms with Gasteiger partial charge in [0.05, 0.1) is 17.8 Å². The van der Waals surface area contributed by atoms with Crippen LogP contribution in [-0.2, 0) is 11.2 Å². The maximum absolute atomic E-state index is 12.3. The minimum absolute atomic E-state index is 0.0185. The van der Waals surface area contributed by atoms with Crippen LogP contribution in [0.15, 0.2) is 72.1 Å². The van der Waals surface area contributed by atoms with E-state index < -0.39 is 0 Å². The number of hydrazone groups is 1. The van der Waals surface area contributed by atoms with Gasteiger partial charge in [0, 0.05) is 24.0 Å². The van der Waals surface area contributed by atoms with Crippen molar-refractivity contribution >= 4 is 34.4 Å². The molecule has 3 N–H and O–H groups in total. The summed E-state index contributed by atoms with van der Waals surface area (Å²) < 4.78 is 0. The van der Waals surface area contributed by atoms with Crippen LogP contribution in [0.1, 0.15) is 23.6 Å². The number of nitrogens with one attached hydrogen (secondary N) is 3. The minimum atomic E-state index is 0.0185. The summed E-state index contributed by atoms with van der Waals surface area (Å²) in [7, 11) is 0. The Morgan fingerprint density at radius 3 is 2.78 bits per heavy atom. The molecular weight excluding hydrogens is 444 g/mol. The molecule has 1 fully saturated rings. The van der Waals surface area contributed by atoms with Crippen molar-refractivity contribution in [2.24, 2.45) is 5.10 Å². The molecule has 2 aromatic rings. The summed E-state index contributed by atoms with van der Waals surface area (Å²) in [5, 5.41) is 11.2. The SMILES string of the molecule is O=C(CSC1=NNC2C3CC(c4ccc(Cl)cc4)NN3C=CN12)NCCc1ccccc1. The van der Waals surface area contributed by atoms with E-state index in [0.717, 1.165) is 23.0 Å². The topological polar surface area (TPSA) is 72.0 Å². The predicted molar refractivity (Wildman–Crippen MR) is 129 cm³/mol. The van der Waals surface area contributed by atoms with E-state index in [-0.39, 0.29) is 24.2 Å². The summed E-state index contributed by atoms with van der Waals surface area (Å²) in [6.45, 7) is 0.634. The summed E-state index contributed by atoms with van der Waals surface area (Å²) in [6.07, 6.45) is 5.86. The third-order valence-corrected chi connectivity index (χ3v) is 7.11. The number of amidine groups is 1. The van der Waals surface area contributed by atoms with Crippen LogP contribution in [0.25, 0.3) is 0 Å². The molecule has 0 spiro atoms. The van der Waals surface area contributed by atoms with Gasteiger partial charge >= 0.3 is 0 Å². The molecule has 9 heteroatoms. The van der Waals surface area contributed by atoms with Crippen LogP contribution < -0.4 is 16.2 Å². The summed E-state index contributed by atoms with van der Waals surface area (Å²) in [4.78, 5) is 14.4. The van der Waals surface area contributed by atoms with Gasteiger partial charge < -0.3 is 15.2 Å². The highest BCUT2D eigenvalue weighted by atomic mass is 35.5. The van der Waals surface area contributed by atoms with Crippen LogP contribution in [0, 0.1) is 0 Å². The average molecular weight is 469 g/mol. The third kappa shape index (κ3) is 4.57. The molecule has 3 unspecified atom stereocenters. The summed E-state index contributed by atoms with van der Waals surface area (Å²) in [6, 6.07) is 18.6. The molecule has 3 heterocycles. The van der Waals surface area contributed by atoms with Crippen molar-refractivity contribution in [2.45, 2.75) is 31.1 Å². The molecule has 5 rings (SSSR count). The van der Waals surface area contributed by atoms with E-state index >= 15 is 0 Å². The second-order valence-electron chi connectivity index (χ2n) is 7.99. The van der Waals surface area contributed by atoms with Crippen LogP contribution in [-0.4, -0.2) is 45.5 Å². The first-order chi connectivity index (χ1) is 15.7. The molecule has 0 aliphatic carbocycles. The van der Waals surface area contributed by atoms with Crippen LogP contribution >= 0.6 is 23.4 Å². The fourth-order valence-corrected chi connectivity index (χ4v) is 5.16. The quantitative estimate of drug-likeness (QED) is 0.605. The highest BCUT2D eigenvalue weighted by Gasteiger charge is 2.44. The molecule has 1 saturated heterocycles. The van der Waals surface area contributed by atoms with Crippen molar-refractivity contribution in [3.63, 3.8) is 0 Å². The molecule has 3 atom stereocenters. The van der Waals surface area contributed by atoms with Crippen molar-refractivity contribution < 1.29 is 4.79 Å². The molecule has 3 aliphatic rings. The van der Waals surface area contributed by atoms with Crippen LogP contribution in [0.3, 0.4) is 0 Å². The lowest BCUT2D eigenvalue weighted by molar-refractivity contribution is -0.118. The van der Waals surface area contributed by atoms with E-state index in [1.165, 1.54) is 22.9 Å². The van der Waals surface area contributed by atoms with Crippen LogP contribution in [0.2, 0.25) is 5.02 Å². The van der Waals surface area contributed by atoms with Gasteiger partial charge in [-0.1, -0.05) is 65.8 Å². The zero-order valence-electron chi connectivity index (χ0n) is 17.4. The van der Waals surface area contributed by atoms with Gasteiger partial charge in [-0.15, -0.1) is 0 Å². The second-order valence-corrected chi connectivity index (χ2v) is 9.37. The zero-order chi connectivity index (χ0) is 21.9. The number of hydrazine groups is 1. The van der Waals surface area contributed by atoms with Crippen LogP contribution in [0.5, 0.6) is 0 Å². The first-order valence-electron chi connectivity index (χ1n) is 10.7. The van der Waals surface area contributed by atoms with Gasteiger partial charge in [-0.25, -0.2) is 5.43 Å². The molecular formula is C23H25ClN6OS. The van der Waals surface area contributed by atoms with Gasteiger partial charge in [-0.05, 0) is 36.1 Å². The lowest BCUT2D eigenvalue weighted by Crippen LogP contribution is -2.54. The highest BCUT2D eigenvalue weighted by Crippen LogP contribution is 2.35. The smallest absolute Gasteiger partial charge is 0.230 e. The predicted octanol–water partition coefficient (Wildman–Crippen LogP) is 3.04. The first kappa shape index (κ1) is 21.2.